The van der Waals surface area contributed by atoms with E-state index in [9.17, 15) is 0 Å². The molecule has 0 aliphatic heterocycles. The molecule has 0 bridgehead atoms. The number of halogens is 2. The molecule has 0 aromatic carbocycles. The number of rotatable bonds is 2. The van der Waals surface area contributed by atoms with Gasteiger partial charge >= 0.3 is 0 Å². The van der Waals surface area contributed by atoms with Gasteiger partial charge in [-0.05, 0) is 0 Å². The Labute approximate surface area is 75.1 Å². The van der Waals surface area contributed by atoms with Gasteiger partial charge in [-0.15, -0.1) is 11.6 Å². The van der Waals surface area contributed by atoms with Gasteiger partial charge < -0.3 is 4.74 Å². The van der Waals surface area contributed by atoms with Crippen LogP contribution in [0.4, 0.5) is 0 Å². The van der Waals surface area contributed by atoms with Crippen LogP contribution in [0.3, 0.4) is 0 Å². The summed E-state index contributed by atoms with van der Waals surface area (Å²) in [7, 11) is 1.55. The van der Waals surface area contributed by atoms with Gasteiger partial charge in [0.1, 0.15) is 10.8 Å². The number of alkyl halides is 1. The molecule has 1 rings (SSSR count). The summed E-state index contributed by atoms with van der Waals surface area (Å²) < 4.78 is 4.96. The van der Waals surface area contributed by atoms with Crippen molar-refractivity contribution >= 4 is 23.2 Å². The molecular formula is C7H7Cl2NO. The molecule has 1 aromatic heterocycles. The van der Waals surface area contributed by atoms with Crippen molar-refractivity contribution in [1.29, 1.82) is 0 Å². The lowest BCUT2D eigenvalue weighted by molar-refractivity contribution is 0.414. The molecule has 1 heterocycles. The molecule has 0 radical (unpaired) electrons. The van der Waals surface area contributed by atoms with Crippen LogP contribution in [0.2, 0.25) is 5.02 Å². The van der Waals surface area contributed by atoms with Gasteiger partial charge in [-0.25, -0.2) is 0 Å². The van der Waals surface area contributed by atoms with E-state index in [0.29, 0.717) is 16.7 Å². The molecular weight excluding hydrogens is 185 g/mol. The molecule has 0 amide bonds. The maximum atomic E-state index is 5.72. The highest BCUT2D eigenvalue weighted by Crippen LogP contribution is 2.23. The molecule has 4 heteroatoms. The van der Waals surface area contributed by atoms with E-state index in [1.165, 1.54) is 6.20 Å². The topological polar surface area (TPSA) is 22.1 Å². The van der Waals surface area contributed by atoms with Gasteiger partial charge in [-0.2, -0.15) is 0 Å². The first-order valence-corrected chi connectivity index (χ1v) is 3.93. The predicted molar refractivity (Wildman–Crippen MR) is 45.4 cm³/mol. The molecule has 11 heavy (non-hydrogen) atoms. The van der Waals surface area contributed by atoms with Gasteiger partial charge in [-0.3, -0.25) is 4.98 Å². The number of methoxy groups -OCH3 is 1. The summed E-state index contributed by atoms with van der Waals surface area (Å²) in [5, 5.41) is 0.501. The van der Waals surface area contributed by atoms with E-state index in [-0.39, 0.29) is 0 Å². The van der Waals surface area contributed by atoms with E-state index >= 15 is 0 Å². The van der Waals surface area contributed by atoms with E-state index in [2.05, 4.69) is 4.98 Å². The standard InChI is InChI=1S/C7H7Cl2NO/c1-11-7-2-5(3-8)10-4-6(7)9/h2,4H,3H2,1H3. The number of hydrogen-bond acceptors (Lipinski definition) is 2. The number of hydrogen-bond donors (Lipinski definition) is 0. The molecule has 0 saturated carbocycles. The third kappa shape index (κ3) is 1.98. The van der Waals surface area contributed by atoms with Gasteiger partial charge in [0, 0.05) is 12.3 Å². The fourth-order valence-electron chi connectivity index (χ4n) is 0.690. The molecule has 0 N–H and O–H groups in total. The first-order chi connectivity index (χ1) is 5.27. The molecule has 0 aliphatic carbocycles. The van der Waals surface area contributed by atoms with Crippen LogP contribution >= 0.6 is 23.2 Å². The maximum Gasteiger partial charge on any atom is 0.140 e. The molecule has 1 aromatic rings. The Hall–Kier alpha value is -0.470. The van der Waals surface area contributed by atoms with Crippen molar-refractivity contribution in [3.05, 3.63) is 23.0 Å². The Morgan fingerprint density at radius 3 is 2.91 bits per heavy atom. The summed E-state index contributed by atoms with van der Waals surface area (Å²) in [5.74, 6) is 0.977. The zero-order valence-electron chi connectivity index (χ0n) is 5.97. The van der Waals surface area contributed by atoms with Gasteiger partial charge in [0.05, 0.1) is 18.7 Å². The van der Waals surface area contributed by atoms with Crippen molar-refractivity contribution in [3.8, 4) is 5.75 Å². The van der Waals surface area contributed by atoms with Gasteiger partial charge in [0.25, 0.3) is 0 Å². The number of ether oxygens (including phenoxy) is 1. The van der Waals surface area contributed by atoms with Crippen LogP contribution < -0.4 is 4.74 Å². The second-order valence-electron chi connectivity index (χ2n) is 1.94. The van der Waals surface area contributed by atoms with Crippen LogP contribution in [0.15, 0.2) is 12.3 Å². The Morgan fingerprint density at radius 1 is 1.64 bits per heavy atom. The van der Waals surface area contributed by atoms with E-state index < -0.39 is 0 Å². The second kappa shape index (κ2) is 3.79. The number of aromatic nitrogens is 1. The second-order valence-corrected chi connectivity index (χ2v) is 2.62. The minimum atomic E-state index is 0.369. The highest BCUT2D eigenvalue weighted by atomic mass is 35.5. The average Bonchev–Trinajstić information content (AvgIpc) is 2.05. The fourth-order valence-corrected chi connectivity index (χ4v) is 1.02. The average molecular weight is 192 g/mol. The molecule has 0 fully saturated rings. The Kier molecular flexibility index (Phi) is 2.97. The summed E-state index contributed by atoms with van der Waals surface area (Å²) in [6.45, 7) is 0. The van der Waals surface area contributed by atoms with E-state index in [1.54, 1.807) is 13.2 Å². The third-order valence-electron chi connectivity index (χ3n) is 1.23. The highest BCUT2D eigenvalue weighted by Gasteiger charge is 2.01. The third-order valence-corrected chi connectivity index (χ3v) is 1.79. The Bertz CT molecular complexity index is 252. The molecule has 0 saturated heterocycles. The summed E-state index contributed by atoms with van der Waals surface area (Å²) in [5.41, 5.74) is 0.757. The lowest BCUT2D eigenvalue weighted by Crippen LogP contribution is -1.89. The molecule has 60 valence electrons. The minimum Gasteiger partial charge on any atom is -0.495 e. The van der Waals surface area contributed by atoms with Crippen LogP contribution in [-0.4, -0.2) is 12.1 Å². The van der Waals surface area contributed by atoms with Crippen molar-refractivity contribution in [2.24, 2.45) is 0 Å². The first-order valence-electron chi connectivity index (χ1n) is 3.02. The lowest BCUT2D eigenvalue weighted by Gasteiger charge is -2.02. The quantitative estimate of drug-likeness (QED) is 0.671. The minimum absolute atomic E-state index is 0.369. The van der Waals surface area contributed by atoms with Crippen molar-refractivity contribution in [1.82, 2.24) is 4.98 Å². The molecule has 0 unspecified atom stereocenters. The first kappa shape index (κ1) is 8.62. The van der Waals surface area contributed by atoms with Crippen LogP contribution in [0.1, 0.15) is 5.69 Å². The fraction of sp³-hybridized carbons (Fsp3) is 0.286. The summed E-state index contributed by atoms with van der Waals surface area (Å²) in [6, 6.07) is 1.72. The molecule has 0 atom stereocenters. The van der Waals surface area contributed by atoms with E-state index in [0.717, 1.165) is 5.69 Å². The van der Waals surface area contributed by atoms with Crippen molar-refractivity contribution < 1.29 is 4.74 Å². The summed E-state index contributed by atoms with van der Waals surface area (Å²) >= 11 is 11.3. The van der Waals surface area contributed by atoms with Crippen LogP contribution in [0, 0.1) is 0 Å². The molecule has 0 aliphatic rings. The Balaban J connectivity index is 3.02. The largest absolute Gasteiger partial charge is 0.495 e. The monoisotopic (exact) mass is 191 g/mol. The molecule has 2 nitrogen and oxygen atoms in total. The summed E-state index contributed by atoms with van der Waals surface area (Å²) in [6.07, 6.45) is 1.53. The SMILES string of the molecule is COc1cc(CCl)ncc1Cl. The zero-order chi connectivity index (χ0) is 8.27. The van der Waals surface area contributed by atoms with Gasteiger partial charge in [0.15, 0.2) is 0 Å². The van der Waals surface area contributed by atoms with Crippen molar-refractivity contribution in [3.63, 3.8) is 0 Å². The van der Waals surface area contributed by atoms with E-state index in [4.69, 9.17) is 27.9 Å². The van der Waals surface area contributed by atoms with Crippen molar-refractivity contribution in [2.45, 2.75) is 5.88 Å². The predicted octanol–water partition coefficient (Wildman–Crippen LogP) is 2.48. The van der Waals surface area contributed by atoms with Crippen molar-refractivity contribution in [2.75, 3.05) is 7.11 Å². The van der Waals surface area contributed by atoms with Crippen LogP contribution in [0.25, 0.3) is 0 Å². The van der Waals surface area contributed by atoms with Crippen LogP contribution in [0.5, 0.6) is 5.75 Å². The number of nitrogens with zero attached hydrogens (tertiary/aromatic N) is 1. The highest BCUT2D eigenvalue weighted by molar-refractivity contribution is 6.31. The maximum absolute atomic E-state index is 5.72. The number of pyridine rings is 1. The van der Waals surface area contributed by atoms with Gasteiger partial charge in [-0.1, -0.05) is 11.6 Å². The summed E-state index contributed by atoms with van der Waals surface area (Å²) in [4.78, 5) is 3.96. The van der Waals surface area contributed by atoms with Crippen LogP contribution in [-0.2, 0) is 5.88 Å². The lowest BCUT2D eigenvalue weighted by atomic mass is 10.3. The van der Waals surface area contributed by atoms with Gasteiger partial charge in [0.2, 0.25) is 0 Å². The zero-order valence-corrected chi connectivity index (χ0v) is 7.49. The molecule has 0 spiro atoms. The smallest absolute Gasteiger partial charge is 0.140 e. The van der Waals surface area contributed by atoms with E-state index in [1.807, 2.05) is 0 Å². The normalized spacial score (nSPS) is 9.73. The Morgan fingerprint density at radius 2 is 2.36 bits per heavy atom.